The number of hydrogen-bond donors (Lipinski definition) is 0. The van der Waals surface area contributed by atoms with Crippen molar-refractivity contribution in [2.75, 3.05) is 0 Å². The number of alkyl halides is 3. The Kier molecular flexibility index (Phi) is 3.93. The van der Waals surface area contributed by atoms with Crippen molar-refractivity contribution in [3.8, 4) is 0 Å². The number of rotatable bonds is 2. The fourth-order valence-corrected chi connectivity index (χ4v) is 3.03. The first-order valence-corrected chi connectivity index (χ1v) is 6.93. The summed E-state index contributed by atoms with van der Waals surface area (Å²) in [4.78, 5) is 12.7. The minimum Gasteiger partial charge on any atom is -0.288 e. The largest absolute Gasteiger partial charge is 0.416 e. The Morgan fingerprint density at radius 3 is 2.30 bits per heavy atom. The van der Waals surface area contributed by atoms with E-state index in [1.165, 1.54) is 24.3 Å². The van der Waals surface area contributed by atoms with Crippen molar-refractivity contribution >= 4 is 28.7 Å². The molecule has 0 aliphatic heterocycles. The maximum absolute atomic E-state index is 12.6. The van der Waals surface area contributed by atoms with Crippen LogP contribution in [0.3, 0.4) is 0 Å². The summed E-state index contributed by atoms with van der Waals surface area (Å²) >= 11 is 7.21. The molecule has 1 heterocycles. The van der Waals surface area contributed by atoms with Gasteiger partial charge in [0.2, 0.25) is 5.78 Å². The van der Waals surface area contributed by atoms with Crippen LogP contribution in [0.4, 0.5) is 13.2 Å². The summed E-state index contributed by atoms with van der Waals surface area (Å²) in [5.41, 5.74) is 0.540. The molecule has 0 unspecified atom stereocenters. The van der Waals surface area contributed by atoms with Gasteiger partial charge in [-0.3, -0.25) is 4.79 Å². The molecule has 20 heavy (non-hydrogen) atoms. The predicted octanol–water partition coefficient (Wildman–Crippen LogP) is 5.27. The number of ketones is 1. The highest BCUT2D eigenvalue weighted by Crippen LogP contribution is 2.33. The Morgan fingerprint density at radius 2 is 1.85 bits per heavy atom. The van der Waals surface area contributed by atoms with Crippen molar-refractivity contribution in [2.24, 2.45) is 0 Å². The number of carbonyl (C=O) groups is 1. The molecule has 1 aromatic heterocycles. The second-order valence-corrected chi connectivity index (χ2v) is 5.68. The minimum absolute atomic E-state index is 0.238. The van der Waals surface area contributed by atoms with Crippen LogP contribution in [0.15, 0.2) is 23.6 Å². The van der Waals surface area contributed by atoms with E-state index in [0.717, 1.165) is 17.7 Å². The Morgan fingerprint density at radius 1 is 1.20 bits per heavy atom. The molecule has 0 spiro atoms. The van der Waals surface area contributed by atoms with E-state index in [-0.39, 0.29) is 16.9 Å². The smallest absolute Gasteiger partial charge is 0.288 e. The highest BCUT2D eigenvalue weighted by Gasteiger charge is 2.31. The van der Waals surface area contributed by atoms with Gasteiger partial charge in [-0.2, -0.15) is 13.2 Å². The molecule has 0 bridgehead atoms. The summed E-state index contributed by atoms with van der Waals surface area (Å²) in [6.07, 6.45) is -4.41. The van der Waals surface area contributed by atoms with Gasteiger partial charge in [0.15, 0.2) is 0 Å². The number of aryl methyl sites for hydroxylation is 2. The first-order valence-electron chi connectivity index (χ1n) is 5.68. The van der Waals surface area contributed by atoms with E-state index >= 15 is 0 Å². The van der Waals surface area contributed by atoms with E-state index in [4.69, 9.17) is 11.6 Å². The minimum atomic E-state index is -4.41. The lowest BCUT2D eigenvalue weighted by atomic mass is 10.0. The number of halogens is 4. The maximum Gasteiger partial charge on any atom is 0.416 e. The van der Waals surface area contributed by atoms with Gasteiger partial charge in [0, 0.05) is 5.56 Å². The first-order chi connectivity index (χ1) is 9.21. The average molecular weight is 319 g/mol. The van der Waals surface area contributed by atoms with Gasteiger partial charge in [-0.15, -0.1) is 11.3 Å². The molecule has 2 rings (SSSR count). The number of carbonyl (C=O) groups excluding carboxylic acids is 1. The zero-order valence-corrected chi connectivity index (χ0v) is 12.2. The molecule has 1 aromatic carbocycles. The molecule has 6 heteroatoms. The van der Waals surface area contributed by atoms with Crippen molar-refractivity contribution in [1.29, 1.82) is 0 Å². The first kappa shape index (κ1) is 15.1. The lowest BCUT2D eigenvalue weighted by molar-refractivity contribution is -0.137. The molecule has 0 saturated heterocycles. The van der Waals surface area contributed by atoms with Crippen molar-refractivity contribution in [2.45, 2.75) is 20.0 Å². The Labute approximate surface area is 123 Å². The Hall–Kier alpha value is -1.33. The third-order valence-electron chi connectivity index (χ3n) is 2.90. The van der Waals surface area contributed by atoms with Crippen LogP contribution in [-0.2, 0) is 6.18 Å². The monoisotopic (exact) mass is 318 g/mol. The van der Waals surface area contributed by atoms with Crippen molar-refractivity contribution < 1.29 is 18.0 Å². The Bertz CT molecular complexity index is 674. The van der Waals surface area contributed by atoms with Gasteiger partial charge < -0.3 is 0 Å². The van der Waals surface area contributed by atoms with Crippen molar-refractivity contribution in [3.63, 3.8) is 0 Å². The van der Waals surface area contributed by atoms with Gasteiger partial charge in [0.25, 0.3) is 0 Å². The van der Waals surface area contributed by atoms with Crippen molar-refractivity contribution in [3.05, 3.63) is 55.7 Å². The molecular formula is C14H10ClF3OS. The number of hydrogen-bond acceptors (Lipinski definition) is 2. The summed E-state index contributed by atoms with van der Waals surface area (Å²) in [7, 11) is 0. The van der Waals surface area contributed by atoms with E-state index in [2.05, 4.69) is 0 Å². The molecule has 0 radical (unpaired) electrons. The number of benzene rings is 1. The fourth-order valence-electron chi connectivity index (χ4n) is 1.80. The predicted molar refractivity (Wildman–Crippen MR) is 73.7 cm³/mol. The van der Waals surface area contributed by atoms with E-state index < -0.39 is 11.7 Å². The van der Waals surface area contributed by atoms with Gasteiger partial charge >= 0.3 is 6.18 Å². The molecule has 0 atom stereocenters. The molecular weight excluding hydrogens is 309 g/mol. The van der Waals surface area contributed by atoms with Crippen LogP contribution in [0, 0.1) is 13.8 Å². The third kappa shape index (κ3) is 2.74. The average Bonchev–Trinajstić information content (AvgIpc) is 2.68. The molecule has 1 nitrogen and oxygen atoms in total. The highest BCUT2D eigenvalue weighted by atomic mass is 35.5. The van der Waals surface area contributed by atoms with Crippen LogP contribution >= 0.6 is 22.9 Å². The summed E-state index contributed by atoms with van der Waals surface area (Å²) < 4.78 is 37.8. The van der Waals surface area contributed by atoms with E-state index in [0.29, 0.717) is 9.90 Å². The van der Waals surface area contributed by atoms with Crippen molar-refractivity contribution in [1.82, 2.24) is 0 Å². The zero-order chi connectivity index (χ0) is 15.1. The second kappa shape index (κ2) is 5.22. The summed E-state index contributed by atoms with van der Waals surface area (Å²) in [5.74, 6) is -0.348. The molecule has 0 saturated carbocycles. The molecule has 0 N–H and O–H groups in total. The summed E-state index contributed by atoms with van der Waals surface area (Å²) in [6, 6.07) is 3.09. The maximum atomic E-state index is 12.6. The molecule has 2 aromatic rings. The van der Waals surface area contributed by atoms with Crippen LogP contribution in [0.1, 0.15) is 31.9 Å². The standard InChI is InChI=1S/C14H10ClF3OS/c1-7-5-9(14(16,17)18)3-4-10(7)12(19)13-11(15)8(2)6-20-13/h3-6H,1-2H3. The van der Waals surface area contributed by atoms with Crippen LogP contribution in [0.5, 0.6) is 0 Å². The van der Waals surface area contributed by atoms with E-state index in [1.54, 1.807) is 12.3 Å². The third-order valence-corrected chi connectivity index (χ3v) is 4.60. The lowest BCUT2D eigenvalue weighted by Gasteiger charge is -2.10. The molecule has 0 amide bonds. The molecule has 0 fully saturated rings. The lowest BCUT2D eigenvalue weighted by Crippen LogP contribution is -2.08. The van der Waals surface area contributed by atoms with Gasteiger partial charge in [-0.1, -0.05) is 17.7 Å². The van der Waals surface area contributed by atoms with Gasteiger partial charge in [0.1, 0.15) is 0 Å². The van der Waals surface area contributed by atoms with Crippen LogP contribution in [0.2, 0.25) is 5.02 Å². The molecule has 0 aliphatic rings. The quantitative estimate of drug-likeness (QED) is 0.689. The van der Waals surface area contributed by atoms with Gasteiger partial charge in [-0.25, -0.2) is 0 Å². The topological polar surface area (TPSA) is 17.1 Å². The normalized spacial score (nSPS) is 11.7. The van der Waals surface area contributed by atoms with Crippen LogP contribution < -0.4 is 0 Å². The highest BCUT2D eigenvalue weighted by molar-refractivity contribution is 7.13. The Balaban J connectivity index is 2.44. The molecule has 106 valence electrons. The number of thiophene rings is 1. The van der Waals surface area contributed by atoms with E-state index in [1.807, 2.05) is 0 Å². The summed E-state index contributed by atoms with van der Waals surface area (Å²) in [5, 5.41) is 2.11. The fraction of sp³-hybridized carbons (Fsp3) is 0.214. The van der Waals surface area contributed by atoms with Crippen LogP contribution in [0.25, 0.3) is 0 Å². The zero-order valence-electron chi connectivity index (χ0n) is 10.6. The SMILES string of the molecule is Cc1cc(C(F)(F)F)ccc1C(=O)c1scc(C)c1Cl. The van der Waals surface area contributed by atoms with Crippen LogP contribution in [-0.4, -0.2) is 5.78 Å². The summed E-state index contributed by atoms with van der Waals surface area (Å²) in [6.45, 7) is 3.26. The van der Waals surface area contributed by atoms with E-state index in [9.17, 15) is 18.0 Å². The van der Waals surface area contributed by atoms with Gasteiger partial charge in [0.05, 0.1) is 15.5 Å². The van der Waals surface area contributed by atoms with Gasteiger partial charge in [-0.05, 0) is 42.5 Å². The molecule has 0 aliphatic carbocycles. The second-order valence-electron chi connectivity index (χ2n) is 4.42.